The Labute approximate surface area is 110 Å². The first-order valence-corrected chi connectivity index (χ1v) is 6.16. The molecule has 2 aliphatic heterocycles. The van der Waals surface area contributed by atoms with Crippen molar-refractivity contribution in [3.63, 3.8) is 0 Å². The third-order valence-electron chi connectivity index (χ3n) is 3.65. The van der Waals surface area contributed by atoms with Crippen LogP contribution in [0.2, 0.25) is 0 Å². The first kappa shape index (κ1) is 12.5. The van der Waals surface area contributed by atoms with E-state index < -0.39 is 5.54 Å². The van der Waals surface area contributed by atoms with Gasteiger partial charge in [-0.1, -0.05) is 0 Å². The van der Waals surface area contributed by atoms with E-state index in [1.54, 1.807) is 6.07 Å². The second-order valence-electron chi connectivity index (χ2n) is 4.97. The van der Waals surface area contributed by atoms with E-state index in [2.05, 4.69) is 10.8 Å². The van der Waals surface area contributed by atoms with Gasteiger partial charge in [0.05, 0.1) is 19.8 Å². The zero-order valence-electron chi connectivity index (χ0n) is 10.5. The predicted octanol–water partition coefficient (Wildman–Crippen LogP) is 1.16. The van der Waals surface area contributed by atoms with E-state index in [9.17, 15) is 9.18 Å². The van der Waals surface area contributed by atoms with Crippen molar-refractivity contribution in [3.05, 3.63) is 29.6 Å². The van der Waals surface area contributed by atoms with Crippen molar-refractivity contribution in [2.45, 2.75) is 12.5 Å². The van der Waals surface area contributed by atoms with Gasteiger partial charge in [-0.05, 0) is 18.2 Å². The van der Waals surface area contributed by atoms with Crippen LogP contribution in [0.25, 0.3) is 0 Å². The van der Waals surface area contributed by atoms with Crippen molar-refractivity contribution in [2.24, 2.45) is 5.92 Å². The highest BCUT2D eigenvalue weighted by molar-refractivity contribution is 5.88. The van der Waals surface area contributed by atoms with Crippen LogP contribution in [0.1, 0.15) is 12.5 Å². The summed E-state index contributed by atoms with van der Waals surface area (Å²) in [6, 6.07) is 4.53. The van der Waals surface area contributed by atoms with Crippen LogP contribution >= 0.6 is 0 Å². The van der Waals surface area contributed by atoms with Gasteiger partial charge in [0.15, 0.2) is 0 Å². The van der Waals surface area contributed by atoms with Crippen LogP contribution in [-0.4, -0.2) is 25.7 Å². The molecule has 19 heavy (non-hydrogen) atoms. The Morgan fingerprint density at radius 2 is 2.37 bits per heavy atom. The maximum atomic E-state index is 14.1. The topological polar surface area (TPSA) is 59.6 Å². The molecule has 3 rings (SSSR count). The molecule has 2 heterocycles. The highest BCUT2D eigenvalue weighted by Crippen LogP contribution is 2.41. The fourth-order valence-electron chi connectivity index (χ4n) is 2.70. The number of anilines is 1. The second kappa shape index (κ2) is 4.56. The number of rotatable bonds is 2. The van der Waals surface area contributed by atoms with Gasteiger partial charge < -0.3 is 14.9 Å². The van der Waals surface area contributed by atoms with Crippen LogP contribution in [0.5, 0.6) is 0 Å². The fourth-order valence-corrected chi connectivity index (χ4v) is 2.70. The standard InChI is InChI=1S/C13H15FN2O3/c1-8(17)15-10-2-3-12(14)11(4-10)13-7-18-5-9(13)6-19-16-13/h2-4,9,16H,5-7H2,1H3,(H,15,17)/t9-,13-/m0/s1. The van der Waals surface area contributed by atoms with Crippen LogP contribution in [0.4, 0.5) is 10.1 Å². The average Bonchev–Trinajstić information content (AvgIpc) is 2.90. The Morgan fingerprint density at radius 3 is 3.16 bits per heavy atom. The third kappa shape index (κ3) is 2.01. The van der Waals surface area contributed by atoms with Gasteiger partial charge in [0.1, 0.15) is 11.4 Å². The summed E-state index contributed by atoms with van der Waals surface area (Å²) in [6.45, 7) is 2.80. The average molecular weight is 266 g/mol. The molecule has 1 aromatic rings. The number of hydroxylamine groups is 1. The molecule has 1 amide bonds. The summed E-state index contributed by atoms with van der Waals surface area (Å²) in [6.07, 6.45) is 0. The third-order valence-corrected chi connectivity index (χ3v) is 3.65. The number of fused-ring (bicyclic) bond motifs is 1. The maximum Gasteiger partial charge on any atom is 0.221 e. The number of amides is 1. The van der Waals surface area contributed by atoms with Crippen molar-refractivity contribution in [3.8, 4) is 0 Å². The molecule has 0 radical (unpaired) electrons. The lowest BCUT2D eigenvalue weighted by molar-refractivity contribution is -0.114. The van der Waals surface area contributed by atoms with E-state index in [4.69, 9.17) is 9.57 Å². The molecule has 0 aromatic heterocycles. The van der Waals surface area contributed by atoms with Gasteiger partial charge in [-0.2, -0.15) is 5.48 Å². The molecular weight excluding hydrogens is 251 g/mol. The van der Waals surface area contributed by atoms with Crippen molar-refractivity contribution in [1.82, 2.24) is 5.48 Å². The van der Waals surface area contributed by atoms with Gasteiger partial charge in [-0.25, -0.2) is 4.39 Å². The molecule has 2 aliphatic rings. The lowest BCUT2D eigenvalue weighted by Gasteiger charge is -2.27. The zero-order valence-corrected chi connectivity index (χ0v) is 10.5. The van der Waals surface area contributed by atoms with E-state index in [0.717, 1.165) is 0 Å². The van der Waals surface area contributed by atoms with E-state index in [1.807, 2.05) is 0 Å². The summed E-state index contributed by atoms with van der Waals surface area (Å²) in [5.74, 6) is -0.443. The fraction of sp³-hybridized carbons (Fsp3) is 0.462. The van der Waals surface area contributed by atoms with E-state index in [-0.39, 0.29) is 17.6 Å². The number of carbonyl (C=O) groups excluding carboxylic acids is 1. The highest BCUT2D eigenvalue weighted by atomic mass is 19.1. The molecule has 5 nitrogen and oxygen atoms in total. The molecule has 0 bridgehead atoms. The van der Waals surface area contributed by atoms with Crippen LogP contribution in [-0.2, 0) is 19.9 Å². The Bertz CT molecular complexity index is 511. The number of halogens is 1. The van der Waals surface area contributed by atoms with Gasteiger partial charge in [-0.15, -0.1) is 0 Å². The van der Waals surface area contributed by atoms with Crippen molar-refractivity contribution >= 4 is 11.6 Å². The van der Waals surface area contributed by atoms with Gasteiger partial charge in [0.25, 0.3) is 0 Å². The van der Waals surface area contributed by atoms with E-state index in [0.29, 0.717) is 31.1 Å². The molecule has 0 saturated carbocycles. The first-order valence-electron chi connectivity index (χ1n) is 6.16. The molecule has 6 heteroatoms. The number of benzene rings is 1. The van der Waals surface area contributed by atoms with Crippen LogP contribution < -0.4 is 10.8 Å². The lowest BCUT2D eigenvalue weighted by Crippen LogP contribution is -2.42. The largest absolute Gasteiger partial charge is 0.379 e. The predicted molar refractivity (Wildman–Crippen MR) is 65.8 cm³/mol. The van der Waals surface area contributed by atoms with Crippen molar-refractivity contribution in [2.75, 3.05) is 25.1 Å². The van der Waals surface area contributed by atoms with E-state index in [1.165, 1.54) is 19.1 Å². The normalized spacial score (nSPS) is 29.3. The minimum Gasteiger partial charge on any atom is -0.379 e. The summed E-state index contributed by atoms with van der Waals surface area (Å²) in [5, 5.41) is 2.66. The molecule has 1 aromatic carbocycles. The van der Waals surface area contributed by atoms with Crippen LogP contribution in [0.15, 0.2) is 18.2 Å². The number of nitrogens with one attached hydrogen (secondary N) is 2. The summed E-state index contributed by atoms with van der Waals surface area (Å²) in [7, 11) is 0. The van der Waals surface area contributed by atoms with Gasteiger partial charge >= 0.3 is 0 Å². The molecule has 102 valence electrons. The van der Waals surface area contributed by atoms with E-state index >= 15 is 0 Å². The lowest BCUT2D eigenvalue weighted by atomic mass is 9.82. The van der Waals surface area contributed by atoms with Crippen molar-refractivity contribution < 1.29 is 18.8 Å². The Morgan fingerprint density at radius 1 is 1.53 bits per heavy atom. The molecule has 2 N–H and O–H groups in total. The summed E-state index contributed by atoms with van der Waals surface area (Å²) in [4.78, 5) is 16.3. The quantitative estimate of drug-likeness (QED) is 0.843. The maximum absolute atomic E-state index is 14.1. The number of hydrogen-bond donors (Lipinski definition) is 2. The number of hydrogen-bond acceptors (Lipinski definition) is 4. The van der Waals surface area contributed by atoms with Gasteiger partial charge in [0.2, 0.25) is 5.91 Å². The molecule has 0 aliphatic carbocycles. The Balaban J connectivity index is 2.01. The first-order chi connectivity index (χ1) is 9.12. The van der Waals surface area contributed by atoms with Gasteiger partial charge in [-0.3, -0.25) is 4.79 Å². The molecule has 0 spiro atoms. The number of ether oxygens (including phenoxy) is 1. The summed E-state index contributed by atoms with van der Waals surface area (Å²) < 4.78 is 19.6. The minimum absolute atomic E-state index is 0.0783. The molecule has 2 atom stereocenters. The Kier molecular flexibility index (Phi) is 3.00. The second-order valence-corrected chi connectivity index (χ2v) is 4.97. The molecular formula is C13H15FN2O3. The SMILES string of the molecule is CC(=O)Nc1ccc(F)c([C@]23COC[C@H]2CON3)c1. The summed E-state index contributed by atoms with van der Waals surface area (Å²) in [5.41, 5.74) is 3.28. The molecule has 0 unspecified atom stereocenters. The van der Waals surface area contributed by atoms with Crippen LogP contribution in [0, 0.1) is 11.7 Å². The highest BCUT2D eigenvalue weighted by Gasteiger charge is 2.51. The van der Waals surface area contributed by atoms with Gasteiger partial charge in [0, 0.05) is 24.1 Å². The Hall–Kier alpha value is -1.50. The monoisotopic (exact) mass is 266 g/mol. The molecule has 2 fully saturated rings. The van der Waals surface area contributed by atoms with Crippen molar-refractivity contribution in [1.29, 1.82) is 0 Å². The smallest absolute Gasteiger partial charge is 0.221 e. The van der Waals surface area contributed by atoms with Crippen LogP contribution in [0.3, 0.4) is 0 Å². The summed E-state index contributed by atoms with van der Waals surface area (Å²) >= 11 is 0. The molecule has 2 saturated heterocycles. The zero-order chi connectivity index (χ0) is 13.5. The number of carbonyl (C=O) groups is 1. The minimum atomic E-state index is -0.654.